The molecular weight excluding hydrogens is 248 g/mol. The molecule has 19 heavy (non-hydrogen) atoms. The molecule has 5 heteroatoms. The molecule has 1 aromatic heterocycles. The van der Waals surface area contributed by atoms with Crippen molar-refractivity contribution in [1.82, 2.24) is 4.98 Å². The van der Waals surface area contributed by atoms with E-state index in [-0.39, 0.29) is 11.6 Å². The Kier molecular flexibility index (Phi) is 3.94. The maximum Gasteiger partial charge on any atom is 0.168 e. The van der Waals surface area contributed by atoms with E-state index in [1.807, 2.05) is 31.2 Å². The second-order valence-electron chi connectivity index (χ2n) is 4.18. The molecule has 0 fully saturated rings. The van der Waals surface area contributed by atoms with Gasteiger partial charge < -0.3 is 10.6 Å². The van der Waals surface area contributed by atoms with Gasteiger partial charge in [-0.3, -0.25) is 0 Å². The Balaban J connectivity index is 2.18. The van der Waals surface area contributed by atoms with Gasteiger partial charge in [0.25, 0.3) is 0 Å². The predicted molar refractivity (Wildman–Crippen MR) is 72.2 cm³/mol. The number of pyridine rings is 1. The van der Waals surface area contributed by atoms with Crippen LogP contribution in [0.25, 0.3) is 0 Å². The van der Waals surface area contributed by atoms with Crippen molar-refractivity contribution in [3.63, 3.8) is 0 Å². The lowest BCUT2D eigenvalue weighted by Crippen LogP contribution is -2.07. The number of aryl methyl sites for hydroxylation is 1. The van der Waals surface area contributed by atoms with Gasteiger partial charge in [-0.05, 0) is 18.1 Å². The van der Waals surface area contributed by atoms with Crippen LogP contribution in [0.3, 0.4) is 0 Å². The summed E-state index contributed by atoms with van der Waals surface area (Å²) in [4.78, 5) is 3.86. The van der Waals surface area contributed by atoms with Gasteiger partial charge in [0.05, 0.1) is 0 Å². The summed E-state index contributed by atoms with van der Waals surface area (Å²) in [5, 5.41) is 5.46. The molecule has 0 radical (unpaired) electrons. The van der Waals surface area contributed by atoms with Gasteiger partial charge in [-0.25, -0.2) is 13.8 Å². The van der Waals surface area contributed by atoms with E-state index >= 15 is 0 Å². The molecule has 0 bridgehead atoms. The molecule has 0 spiro atoms. The summed E-state index contributed by atoms with van der Waals surface area (Å²) in [5.74, 6) is -1.35. The van der Waals surface area contributed by atoms with Gasteiger partial charge in [0.2, 0.25) is 0 Å². The highest BCUT2D eigenvalue weighted by Crippen LogP contribution is 2.19. The number of hydrogen-bond acceptors (Lipinski definition) is 3. The molecule has 0 saturated carbocycles. The van der Waals surface area contributed by atoms with Crippen molar-refractivity contribution in [3.05, 3.63) is 53.1 Å². The first-order valence-electron chi connectivity index (χ1n) is 5.94. The van der Waals surface area contributed by atoms with Gasteiger partial charge in [0.15, 0.2) is 23.3 Å². The summed E-state index contributed by atoms with van der Waals surface area (Å²) < 4.78 is 26.8. The van der Waals surface area contributed by atoms with Crippen LogP contribution in [0, 0.1) is 18.6 Å². The van der Waals surface area contributed by atoms with Crippen molar-refractivity contribution in [2.75, 3.05) is 17.7 Å². The average Bonchev–Trinajstić information content (AvgIpc) is 2.39. The molecule has 100 valence electrons. The molecule has 0 amide bonds. The Morgan fingerprint density at radius 1 is 1.11 bits per heavy atom. The smallest absolute Gasteiger partial charge is 0.168 e. The second-order valence-corrected chi connectivity index (χ2v) is 4.18. The third-order valence-corrected chi connectivity index (χ3v) is 2.87. The summed E-state index contributed by atoms with van der Waals surface area (Å²) in [7, 11) is 1.54. The van der Waals surface area contributed by atoms with Crippen LogP contribution in [0.1, 0.15) is 11.1 Å². The van der Waals surface area contributed by atoms with Crippen molar-refractivity contribution in [1.29, 1.82) is 0 Å². The number of nitrogens with zero attached hydrogens (tertiary/aromatic N) is 1. The SMILES string of the molecule is CNc1nc(NCc2ccccc2C)c(F)cc1F. The Hall–Kier alpha value is -2.17. The number of nitrogens with one attached hydrogen (secondary N) is 2. The zero-order chi connectivity index (χ0) is 13.8. The van der Waals surface area contributed by atoms with Crippen LogP contribution in [0.4, 0.5) is 20.4 Å². The van der Waals surface area contributed by atoms with E-state index in [1.54, 1.807) is 0 Å². The molecule has 0 saturated heterocycles. The Morgan fingerprint density at radius 2 is 1.79 bits per heavy atom. The fourth-order valence-corrected chi connectivity index (χ4v) is 1.75. The normalized spacial score (nSPS) is 10.3. The summed E-state index contributed by atoms with van der Waals surface area (Å²) in [6, 6.07) is 8.60. The van der Waals surface area contributed by atoms with E-state index < -0.39 is 11.6 Å². The van der Waals surface area contributed by atoms with Crippen molar-refractivity contribution < 1.29 is 8.78 Å². The predicted octanol–water partition coefficient (Wildman–Crippen LogP) is 3.32. The Labute approximate surface area is 110 Å². The van der Waals surface area contributed by atoms with Crippen molar-refractivity contribution in [2.24, 2.45) is 0 Å². The third kappa shape index (κ3) is 2.99. The Morgan fingerprint density at radius 3 is 2.47 bits per heavy atom. The lowest BCUT2D eigenvalue weighted by Gasteiger charge is -2.10. The largest absolute Gasteiger partial charge is 0.371 e. The maximum absolute atomic E-state index is 13.6. The molecular formula is C14H15F2N3. The van der Waals surface area contributed by atoms with E-state index in [0.717, 1.165) is 17.2 Å². The van der Waals surface area contributed by atoms with Crippen LogP contribution < -0.4 is 10.6 Å². The van der Waals surface area contributed by atoms with E-state index in [4.69, 9.17) is 0 Å². The van der Waals surface area contributed by atoms with Crippen LogP contribution in [0.2, 0.25) is 0 Å². The van der Waals surface area contributed by atoms with E-state index in [0.29, 0.717) is 6.54 Å². The van der Waals surface area contributed by atoms with E-state index in [2.05, 4.69) is 15.6 Å². The first-order chi connectivity index (χ1) is 9.11. The summed E-state index contributed by atoms with van der Waals surface area (Å²) in [5.41, 5.74) is 2.14. The number of rotatable bonds is 4. The van der Waals surface area contributed by atoms with Crippen LogP contribution in [0.5, 0.6) is 0 Å². The number of benzene rings is 1. The quantitative estimate of drug-likeness (QED) is 0.888. The highest BCUT2D eigenvalue weighted by atomic mass is 19.1. The second kappa shape index (κ2) is 5.65. The molecule has 0 aliphatic heterocycles. The van der Waals surface area contributed by atoms with Gasteiger partial charge >= 0.3 is 0 Å². The molecule has 0 aliphatic rings. The lowest BCUT2D eigenvalue weighted by atomic mass is 10.1. The Bertz CT molecular complexity index is 585. The molecule has 2 N–H and O–H groups in total. The van der Waals surface area contributed by atoms with Crippen LogP contribution in [0.15, 0.2) is 30.3 Å². The molecule has 1 aromatic carbocycles. The number of hydrogen-bond donors (Lipinski definition) is 2. The first-order valence-corrected chi connectivity index (χ1v) is 5.94. The zero-order valence-corrected chi connectivity index (χ0v) is 10.8. The average molecular weight is 263 g/mol. The van der Waals surface area contributed by atoms with Crippen LogP contribution in [-0.4, -0.2) is 12.0 Å². The van der Waals surface area contributed by atoms with Crippen molar-refractivity contribution >= 4 is 11.6 Å². The first kappa shape index (κ1) is 13.3. The molecule has 0 unspecified atom stereocenters. The zero-order valence-electron chi connectivity index (χ0n) is 10.8. The fourth-order valence-electron chi connectivity index (χ4n) is 1.75. The van der Waals surface area contributed by atoms with E-state index in [9.17, 15) is 8.78 Å². The number of aromatic nitrogens is 1. The summed E-state index contributed by atoms with van der Waals surface area (Å²) in [6.07, 6.45) is 0. The van der Waals surface area contributed by atoms with Gasteiger partial charge in [-0.15, -0.1) is 0 Å². The van der Waals surface area contributed by atoms with Gasteiger partial charge in [-0.1, -0.05) is 24.3 Å². The molecule has 1 heterocycles. The number of anilines is 2. The van der Waals surface area contributed by atoms with Gasteiger partial charge in [0.1, 0.15) is 0 Å². The van der Waals surface area contributed by atoms with Gasteiger partial charge in [0, 0.05) is 19.7 Å². The van der Waals surface area contributed by atoms with E-state index in [1.165, 1.54) is 7.05 Å². The molecule has 2 aromatic rings. The van der Waals surface area contributed by atoms with Crippen molar-refractivity contribution in [2.45, 2.75) is 13.5 Å². The van der Waals surface area contributed by atoms with Gasteiger partial charge in [-0.2, -0.15) is 0 Å². The highest BCUT2D eigenvalue weighted by Gasteiger charge is 2.10. The minimum Gasteiger partial charge on any atom is -0.371 e. The minimum atomic E-state index is -0.707. The minimum absolute atomic E-state index is 0.0219. The molecule has 0 aliphatic carbocycles. The summed E-state index contributed by atoms with van der Waals surface area (Å²) in [6.45, 7) is 2.41. The topological polar surface area (TPSA) is 37.0 Å². The highest BCUT2D eigenvalue weighted by molar-refractivity contribution is 5.47. The fraction of sp³-hybridized carbons (Fsp3) is 0.214. The molecule has 0 atom stereocenters. The molecule has 2 rings (SSSR count). The van der Waals surface area contributed by atoms with Crippen LogP contribution >= 0.6 is 0 Å². The molecule has 3 nitrogen and oxygen atoms in total. The lowest BCUT2D eigenvalue weighted by molar-refractivity contribution is 0.578. The maximum atomic E-state index is 13.6. The third-order valence-electron chi connectivity index (χ3n) is 2.87. The van der Waals surface area contributed by atoms with Crippen molar-refractivity contribution in [3.8, 4) is 0 Å². The standard InChI is InChI=1S/C14H15F2N3/c1-9-5-3-4-6-10(9)8-18-14-12(16)7-11(15)13(17-2)19-14/h3-7H,8H2,1-2H3,(H2,17,18,19). The monoisotopic (exact) mass is 263 g/mol. The number of halogens is 2. The summed E-state index contributed by atoms with van der Waals surface area (Å²) >= 11 is 0. The van der Waals surface area contributed by atoms with Crippen LogP contribution in [-0.2, 0) is 6.54 Å².